The number of hydrogen-bond acceptors (Lipinski definition) is 9. The van der Waals surface area contributed by atoms with E-state index in [-0.39, 0.29) is 18.0 Å². The van der Waals surface area contributed by atoms with E-state index in [2.05, 4.69) is 37.5 Å². The number of carbonyl (C=O) groups excluding carboxylic acids is 1. The van der Waals surface area contributed by atoms with E-state index in [1.807, 2.05) is 6.92 Å². The maximum absolute atomic E-state index is 12.6. The van der Waals surface area contributed by atoms with Crippen molar-refractivity contribution >= 4 is 11.9 Å². The molecule has 3 N–H and O–H groups in total. The molecule has 4 heterocycles. The lowest BCUT2D eigenvalue weighted by Crippen LogP contribution is -2.51. The molecule has 0 radical (unpaired) electrons. The standard InChI is InChI=1S/C23H26N6O3.C2HF3O2/c1-3-31-20-7-5-9-26-23(20)32-18-10-16(11-24-14-18)21-27-12-17(13-28-21)22(30)29-19-6-4-8-25-15(19)2;3-2(4,5)1(6)7/h5,7,9-15,19,25H,3-4,6,8H2,1-2H3,(H,29,30);(H,6,7). The second kappa shape index (κ2) is 13.5. The molecule has 1 aliphatic rings. The minimum Gasteiger partial charge on any atom is -0.488 e. The van der Waals surface area contributed by atoms with Crippen molar-refractivity contribution in [2.45, 2.75) is 44.9 Å². The van der Waals surface area contributed by atoms with Crippen molar-refractivity contribution in [3.63, 3.8) is 0 Å². The molecule has 0 saturated carbocycles. The molecule has 1 amide bonds. The van der Waals surface area contributed by atoms with Crippen LogP contribution >= 0.6 is 0 Å². The van der Waals surface area contributed by atoms with Crippen LogP contribution in [0.2, 0.25) is 0 Å². The molecular formula is C25H27F3N6O5. The van der Waals surface area contributed by atoms with Gasteiger partial charge in [0.1, 0.15) is 5.75 Å². The van der Waals surface area contributed by atoms with Crippen LogP contribution in [0.5, 0.6) is 17.4 Å². The van der Waals surface area contributed by atoms with Crippen LogP contribution in [0.3, 0.4) is 0 Å². The van der Waals surface area contributed by atoms with Crippen molar-refractivity contribution in [1.29, 1.82) is 0 Å². The van der Waals surface area contributed by atoms with Crippen LogP contribution in [0.25, 0.3) is 11.4 Å². The molecule has 208 valence electrons. The molecule has 1 aliphatic heterocycles. The fraction of sp³-hybridized carbons (Fsp3) is 0.360. The van der Waals surface area contributed by atoms with Crippen LogP contribution < -0.4 is 20.1 Å². The largest absolute Gasteiger partial charge is 0.490 e. The average Bonchev–Trinajstić information content (AvgIpc) is 2.91. The second-order valence-electron chi connectivity index (χ2n) is 8.31. The van der Waals surface area contributed by atoms with Crippen LogP contribution in [-0.2, 0) is 4.79 Å². The molecule has 14 heteroatoms. The van der Waals surface area contributed by atoms with Gasteiger partial charge in [-0.05, 0) is 51.4 Å². The Hall–Kier alpha value is -4.33. The molecule has 39 heavy (non-hydrogen) atoms. The quantitative estimate of drug-likeness (QED) is 0.400. The first-order chi connectivity index (χ1) is 18.6. The van der Waals surface area contributed by atoms with Gasteiger partial charge in [0.25, 0.3) is 11.8 Å². The first-order valence-electron chi connectivity index (χ1n) is 12.0. The predicted octanol–water partition coefficient (Wildman–Crippen LogP) is 3.63. The van der Waals surface area contributed by atoms with E-state index in [0.717, 1.165) is 19.4 Å². The monoisotopic (exact) mass is 548 g/mol. The number of ether oxygens (including phenoxy) is 2. The third-order valence-electron chi connectivity index (χ3n) is 5.46. The summed E-state index contributed by atoms with van der Waals surface area (Å²) < 4.78 is 43.1. The Morgan fingerprint density at radius 2 is 1.90 bits per heavy atom. The Morgan fingerprint density at radius 1 is 1.18 bits per heavy atom. The van der Waals surface area contributed by atoms with Crippen molar-refractivity contribution in [3.8, 4) is 28.8 Å². The highest BCUT2D eigenvalue weighted by Gasteiger charge is 2.38. The maximum Gasteiger partial charge on any atom is 0.490 e. The van der Waals surface area contributed by atoms with Gasteiger partial charge in [0, 0.05) is 42.4 Å². The molecule has 4 rings (SSSR count). The van der Waals surface area contributed by atoms with Crippen LogP contribution in [0.1, 0.15) is 37.0 Å². The van der Waals surface area contributed by atoms with Gasteiger partial charge in [-0.3, -0.25) is 9.78 Å². The smallest absolute Gasteiger partial charge is 0.488 e. The van der Waals surface area contributed by atoms with E-state index in [4.69, 9.17) is 19.4 Å². The molecule has 3 aromatic heterocycles. The summed E-state index contributed by atoms with van der Waals surface area (Å²) in [6.45, 7) is 5.46. The van der Waals surface area contributed by atoms with Gasteiger partial charge in [0.2, 0.25) is 0 Å². The number of halogens is 3. The normalized spacial score (nSPS) is 16.8. The Labute approximate surface area is 221 Å². The minimum atomic E-state index is -5.08. The van der Waals surface area contributed by atoms with E-state index in [9.17, 15) is 18.0 Å². The molecule has 0 bridgehead atoms. The number of nitrogens with zero attached hydrogens (tertiary/aromatic N) is 4. The number of rotatable bonds is 7. The highest BCUT2D eigenvalue weighted by molar-refractivity contribution is 5.94. The van der Waals surface area contributed by atoms with Crippen molar-refractivity contribution in [3.05, 3.63) is 54.7 Å². The number of carboxylic acids is 1. The topological polar surface area (TPSA) is 148 Å². The van der Waals surface area contributed by atoms with Gasteiger partial charge in [-0.2, -0.15) is 13.2 Å². The SMILES string of the molecule is CCOc1cccnc1Oc1cncc(-c2ncc(C(=O)NC3CCCNC3C)cn2)c1.O=C(O)C(F)(F)F. The number of nitrogens with one attached hydrogen (secondary N) is 2. The summed E-state index contributed by atoms with van der Waals surface area (Å²) in [4.78, 5) is 38.6. The van der Waals surface area contributed by atoms with E-state index in [1.54, 1.807) is 36.8 Å². The lowest BCUT2D eigenvalue weighted by atomic mass is 9.99. The summed E-state index contributed by atoms with van der Waals surface area (Å²) in [5.41, 5.74) is 1.08. The molecule has 0 spiro atoms. The number of aliphatic carboxylic acids is 1. The van der Waals surface area contributed by atoms with E-state index >= 15 is 0 Å². The Bertz CT molecular complexity index is 1260. The molecule has 0 aromatic carbocycles. The van der Waals surface area contributed by atoms with Gasteiger partial charge >= 0.3 is 12.1 Å². The zero-order valence-corrected chi connectivity index (χ0v) is 21.1. The number of piperidine rings is 1. The zero-order valence-electron chi connectivity index (χ0n) is 21.1. The number of alkyl halides is 3. The molecule has 0 aliphatic carbocycles. The Balaban J connectivity index is 0.000000532. The van der Waals surface area contributed by atoms with Crippen LogP contribution in [0.4, 0.5) is 13.2 Å². The molecule has 3 aromatic rings. The maximum atomic E-state index is 12.6. The van der Waals surface area contributed by atoms with Gasteiger partial charge in [-0.1, -0.05) is 0 Å². The van der Waals surface area contributed by atoms with Crippen LogP contribution in [0.15, 0.2) is 49.2 Å². The summed E-state index contributed by atoms with van der Waals surface area (Å²) >= 11 is 0. The molecule has 2 atom stereocenters. The lowest BCUT2D eigenvalue weighted by Gasteiger charge is -2.30. The predicted molar refractivity (Wildman–Crippen MR) is 132 cm³/mol. The van der Waals surface area contributed by atoms with Crippen molar-refractivity contribution in [2.24, 2.45) is 0 Å². The first kappa shape index (κ1) is 29.2. The fourth-order valence-corrected chi connectivity index (χ4v) is 3.51. The van der Waals surface area contributed by atoms with Gasteiger partial charge < -0.3 is 25.2 Å². The number of hydrogen-bond donors (Lipinski definition) is 3. The van der Waals surface area contributed by atoms with Crippen molar-refractivity contribution in [2.75, 3.05) is 13.2 Å². The number of pyridine rings is 2. The lowest BCUT2D eigenvalue weighted by molar-refractivity contribution is -0.192. The van der Waals surface area contributed by atoms with Crippen molar-refractivity contribution < 1.29 is 37.3 Å². The van der Waals surface area contributed by atoms with Crippen molar-refractivity contribution in [1.82, 2.24) is 30.6 Å². The first-order valence-corrected chi connectivity index (χ1v) is 12.0. The molecule has 11 nitrogen and oxygen atoms in total. The minimum absolute atomic E-state index is 0.0992. The summed E-state index contributed by atoms with van der Waals surface area (Å²) in [6.07, 6.45) is 4.82. The van der Waals surface area contributed by atoms with E-state index in [0.29, 0.717) is 40.9 Å². The number of carboxylic acid groups (broad SMARTS) is 1. The summed E-state index contributed by atoms with van der Waals surface area (Å²) in [7, 11) is 0. The van der Waals surface area contributed by atoms with Crippen LogP contribution in [0, 0.1) is 0 Å². The second-order valence-corrected chi connectivity index (χ2v) is 8.31. The Morgan fingerprint density at radius 3 is 2.54 bits per heavy atom. The number of amides is 1. The van der Waals surface area contributed by atoms with Gasteiger partial charge in [0.05, 0.1) is 18.4 Å². The van der Waals surface area contributed by atoms with Gasteiger partial charge in [-0.15, -0.1) is 0 Å². The van der Waals surface area contributed by atoms with E-state index < -0.39 is 12.1 Å². The highest BCUT2D eigenvalue weighted by atomic mass is 19.4. The van der Waals surface area contributed by atoms with Gasteiger partial charge in [-0.25, -0.2) is 19.7 Å². The molecule has 1 saturated heterocycles. The third kappa shape index (κ3) is 8.60. The highest BCUT2D eigenvalue weighted by Crippen LogP contribution is 2.30. The number of aromatic nitrogens is 4. The molecule has 2 unspecified atom stereocenters. The summed E-state index contributed by atoms with van der Waals surface area (Å²) in [6, 6.07) is 5.68. The molecule has 1 fully saturated rings. The number of carbonyl (C=O) groups is 2. The Kier molecular flexibility index (Phi) is 10.1. The summed E-state index contributed by atoms with van der Waals surface area (Å²) in [5, 5.41) is 13.6. The average molecular weight is 549 g/mol. The van der Waals surface area contributed by atoms with Gasteiger partial charge in [0.15, 0.2) is 11.6 Å². The van der Waals surface area contributed by atoms with Crippen LogP contribution in [-0.4, -0.2) is 68.3 Å². The van der Waals surface area contributed by atoms with E-state index in [1.165, 1.54) is 12.4 Å². The molecular weight excluding hydrogens is 521 g/mol. The zero-order chi connectivity index (χ0) is 28.4. The summed E-state index contributed by atoms with van der Waals surface area (Å²) in [5.74, 6) is -1.11. The third-order valence-corrected chi connectivity index (χ3v) is 5.46. The fourth-order valence-electron chi connectivity index (χ4n) is 3.51.